The molecular weight excluding hydrogens is 362 g/mol. The fourth-order valence-electron chi connectivity index (χ4n) is 3.65. The third kappa shape index (κ3) is 3.90. The molecule has 29 heavy (non-hydrogen) atoms. The van der Waals surface area contributed by atoms with E-state index in [1.54, 1.807) is 11.1 Å². The van der Waals surface area contributed by atoms with Crippen LogP contribution in [0.3, 0.4) is 0 Å². The van der Waals surface area contributed by atoms with Crippen molar-refractivity contribution in [3.8, 4) is 0 Å². The minimum atomic E-state index is -0.409. The molecule has 3 aromatic carbocycles. The Morgan fingerprint density at radius 1 is 1.07 bits per heavy atom. The number of benzene rings is 3. The molecule has 1 saturated heterocycles. The lowest BCUT2D eigenvalue weighted by molar-refractivity contribution is -0.126. The summed E-state index contributed by atoms with van der Waals surface area (Å²) in [6.45, 7) is 4.43. The van der Waals surface area contributed by atoms with Crippen molar-refractivity contribution >= 4 is 34.5 Å². The Morgan fingerprint density at radius 3 is 2.69 bits per heavy atom. The fourth-order valence-corrected chi connectivity index (χ4v) is 3.65. The number of amides is 2. The Morgan fingerprint density at radius 2 is 1.86 bits per heavy atom. The Hall–Kier alpha value is -3.47. The van der Waals surface area contributed by atoms with Gasteiger partial charge in [-0.25, -0.2) is 5.43 Å². The van der Waals surface area contributed by atoms with E-state index in [2.05, 4.69) is 10.5 Å². The van der Waals surface area contributed by atoms with E-state index in [1.165, 1.54) is 5.56 Å². The predicted molar refractivity (Wildman–Crippen MR) is 116 cm³/mol. The van der Waals surface area contributed by atoms with Crippen molar-refractivity contribution in [1.82, 2.24) is 5.43 Å². The molecule has 0 radical (unpaired) electrons. The van der Waals surface area contributed by atoms with Gasteiger partial charge in [0.1, 0.15) is 0 Å². The minimum absolute atomic E-state index is 0.0357. The Kier molecular flexibility index (Phi) is 5.12. The average molecular weight is 385 g/mol. The molecule has 5 nitrogen and oxygen atoms in total. The summed E-state index contributed by atoms with van der Waals surface area (Å²) in [5.41, 5.74) is 6.68. The summed E-state index contributed by atoms with van der Waals surface area (Å²) in [7, 11) is 0. The van der Waals surface area contributed by atoms with Crippen LogP contribution in [0.2, 0.25) is 0 Å². The van der Waals surface area contributed by atoms with Crippen molar-refractivity contribution in [2.45, 2.75) is 20.3 Å². The number of hydrazone groups is 1. The fraction of sp³-hybridized carbons (Fsp3) is 0.208. The second kappa shape index (κ2) is 7.87. The summed E-state index contributed by atoms with van der Waals surface area (Å²) in [4.78, 5) is 26.7. The standard InChI is InChI=1S/C24H23N3O2/c1-16-10-11-21(12-17(16)2)27-15-20(13-23(27)28)24(29)26-25-14-19-8-5-7-18-6-3-4-9-22(18)19/h3-12,14,20H,13,15H2,1-2H3,(H,26,29)/b25-14-/t20-/m0/s1. The van der Waals surface area contributed by atoms with E-state index in [9.17, 15) is 9.59 Å². The van der Waals surface area contributed by atoms with Gasteiger partial charge >= 0.3 is 0 Å². The highest BCUT2D eigenvalue weighted by Gasteiger charge is 2.35. The zero-order chi connectivity index (χ0) is 20.4. The van der Waals surface area contributed by atoms with Crippen LogP contribution in [0.15, 0.2) is 65.8 Å². The van der Waals surface area contributed by atoms with Gasteiger partial charge in [0, 0.05) is 24.2 Å². The maximum Gasteiger partial charge on any atom is 0.245 e. The van der Waals surface area contributed by atoms with Gasteiger partial charge in [-0.3, -0.25) is 9.59 Å². The van der Waals surface area contributed by atoms with E-state index in [1.807, 2.05) is 74.5 Å². The first-order valence-corrected chi connectivity index (χ1v) is 9.71. The average Bonchev–Trinajstić information content (AvgIpc) is 3.12. The lowest BCUT2D eigenvalue weighted by Crippen LogP contribution is -2.30. The molecule has 1 aliphatic rings. The van der Waals surface area contributed by atoms with Gasteiger partial charge in [-0.2, -0.15) is 5.10 Å². The molecular formula is C24H23N3O2. The van der Waals surface area contributed by atoms with Crippen molar-refractivity contribution in [2.75, 3.05) is 11.4 Å². The molecule has 1 heterocycles. The van der Waals surface area contributed by atoms with Gasteiger partial charge in [0.2, 0.25) is 11.8 Å². The van der Waals surface area contributed by atoms with E-state index in [0.29, 0.717) is 6.54 Å². The molecule has 3 aromatic rings. The molecule has 0 aliphatic carbocycles. The zero-order valence-corrected chi connectivity index (χ0v) is 16.6. The summed E-state index contributed by atoms with van der Waals surface area (Å²) in [6.07, 6.45) is 1.85. The number of nitrogens with one attached hydrogen (secondary N) is 1. The highest BCUT2D eigenvalue weighted by atomic mass is 16.2. The first kappa shape index (κ1) is 18.9. The molecule has 0 saturated carbocycles. The van der Waals surface area contributed by atoms with Crippen LogP contribution in [-0.2, 0) is 9.59 Å². The van der Waals surface area contributed by atoms with E-state index >= 15 is 0 Å². The maximum absolute atomic E-state index is 12.5. The molecule has 0 bridgehead atoms. The smallest absolute Gasteiger partial charge is 0.245 e. The van der Waals surface area contributed by atoms with Crippen LogP contribution in [0.5, 0.6) is 0 Å². The van der Waals surface area contributed by atoms with E-state index in [4.69, 9.17) is 0 Å². The van der Waals surface area contributed by atoms with Crippen molar-refractivity contribution in [3.05, 3.63) is 77.4 Å². The van der Waals surface area contributed by atoms with Gasteiger partial charge in [0.15, 0.2) is 0 Å². The molecule has 0 aromatic heterocycles. The second-order valence-electron chi connectivity index (χ2n) is 7.48. The third-order valence-corrected chi connectivity index (χ3v) is 5.50. The molecule has 0 unspecified atom stereocenters. The van der Waals surface area contributed by atoms with Crippen molar-refractivity contribution in [1.29, 1.82) is 0 Å². The summed E-state index contributed by atoms with van der Waals surface area (Å²) in [5, 5.41) is 6.32. The zero-order valence-electron chi connectivity index (χ0n) is 16.6. The highest BCUT2D eigenvalue weighted by molar-refractivity contribution is 6.01. The van der Waals surface area contributed by atoms with Gasteiger partial charge in [-0.15, -0.1) is 0 Å². The highest BCUT2D eigenvalue weighted by Crippen LogP contribution is 2.27. The van der Waals surface area contributed by atoms with E-state index in [-0.39, 0.29) is 18.2 Å². The van der Waals surface area contributed by atoms with Crippen molar-refractivity contribution in [3.63, 3.8) is 0 Å². The largest absolute Gasteiger partial charge is 0.312 e. The predicted octanol–water partition coefficient (Wildman–Crippen LogP) is 3.96. The number of nitrogens with zero attached hydrogens (tertiary/aromatic N) is 2. The number of hydrogen-bond acceptors (Lipinski definition) is 3. The number of carbonyl (C=O) groups excluding carboxylic acids is 2. The molecule has 4 rings (SSSR count). The number of hydrogen-bond donors (Lipinski definition) is 1. The SMILES string of the molecule is Cc1ccc(N2C[C@@H](C(=O)N/N=C\c3cccc4ccccc34)CC2=O)cc1C. The quantitative estimate of drug-likeness (QED) is 0.546. The molecule has 146 valence electrons. The van der Waals surface area contributed by atoms with Gasteiger partial charge < -0.3 is 4.90 Å². The Labute approximate surface area is 170 Å². The van der Waals surface area contributed by atoms with Crippen LogP contribution < -0.4 is 10.3 Å². The Balaban J connectivity index is 1.43. The first-order valence-electron chi connectivity index (χ1n) is 9.71. The lowest BCUT2D eigenvalue weighted by Gasteiger charge is -2.17. The number of rotatable bonds is 4. The van der Waals surface area contributed by atoms with Gasteiger partial charge in [0.25, 0.3) is 0 Å². The van der Waals surface area contributed by atoms with Gasteiger partial charge in [0.05, 0.1) is 12.1 Å². The monoisotopic (exact) mass is 385 g/mol. The summed E-state index contributed by atoms with van der Waals surface area (Å²) < 4.78 is 0. The van der Waals surface area contributed by atoms with Crippen LogP contribution in [0, 0.1) is 19.8 Å². The molecule has 0 spiro atoms. The normalized spacial score (nSPS) is 16.7. The summed E-state index contributed by atoms with van der Waals surface area (Å²) in [5.74, 6) is -0.679. The third-order valence-electron chi connectivity index (χ3n) is 5.50. The van der Waals surface area contributed by atoms with Crippen molar-refractivity contribution < 1.29 is 9.59 Å². The number of aryl methyl sites for hydroxylation is 2. The number of carbonyl (C=O) groups is 2. The molecule has 2 amide bonds. The van der Waals surface area contributed by atoms with Crippen molar-refractivity contribution in [2.24, 2.45) is 11.0 Å². The van der Waals surface area contributed by atoms with Crippen LogP contribution in [0.1, 0.15) is 23.1 Å². The van der Waals surface area contributed by atoms with Crippen LogP contribution in [-0.4, -0.2) is 24.6 Å². The molecule has 1 atom stereocenters. The first-order chi connectivity index (χ1) is 14.0. The molecule has 1 fully saturated rings. The second-order valence-corrected chi connectivity index (χ2v) is 7.48. The summed E-state index contributed by atoms with van der Waals surface area (Å²) >= 11 is 0. The Bertz CT molecular complexity index is 1110. The molecule has 1 aliphatic heterocycles. The van der Waals surface area contributed by atoms with Crippen LogP contribution >= 0.6 is 0 Å². The lowest BCUT2D eigenvalue weighted by atomic mass is 10.1. The number of fused-ring (bicyclic) bond motifs is 1. The minimum Gasteiger partial charge on any atom is -0.312 e. The van der Waals surface area contributed by atoms with Gasteiger partial charge in [-0.05, 0) is 47.9 Å². The maximum atomic E-state index is 12.5. The topological polar surface area (TPSA) is 61.8 Å². The summed E-state index contributed by atoms with van der Waals surface area (Å²) in [6, 6.07) is 19.9. The van der Waals surface area contributed by atoms with Crippen LogP contribution in [0.4, 0.5) is 5.69 Å². The van der Waals surface area contributed by atoms with Crippen LogP contribution in [0.25, 0.3) is 10.8 Å². The number of anilines is 1. The van der Waals surface area contributed by atoms with E-state index < -0.39 is 5.92 Å². The van der Waals surface area contributed by atoms with E-state index in [0.717, 1.165) is 27.6 Å². The molecule has 1 N–H and O–H groups in total. The van der Waals surface area contributed by atoms with Gasteiger partial charge in [-0.1, -0.05) is 48.5 Å². The molecule has 5 heteroatoms.